The molecular weight excluding hydrogens is 272 g/mol. The van der Waals surface area contributed by atoms with Gasteiger partial charge in [-0.15, -0.1) is 0 Å². The number of aromatic carboxylic acids is 1. The standard InChI is InChI=1S/C14H18N4O3/c1-8-11-12(15-6-9-4-3-5-21-9)10(14(19)20)7-16-13(11)18(2)17-8/h7,9H,3-6H2,1-2H3,(H,15,16)(H,19,20)/t9-/m1/s1. The van der Waals surface area contributed by atoms with Gasteiger partial charge in [-0.1, -0.05) is 0 Å². The van der Waals surface area contributed by atoms with Crippen LogP contribution >= 0.6 is 0 Å². The number of carboxylic acid groups (broad SMARTS) is 1. The van der Waals surface area contributed by atoms with Crippen molar-refractivity contribution in [3.63, 3.8) is 0 Å². The molecule has 1 aliphatic heterocycles. The Morgan fingerprint density at radius 3 is 3.10 bits per heavy atom. The maximum absolute atomic E-state index is 11.4. The van der Waals surface area contributed by atoms with Crippen molar-refractivity contribution >= 4 is 22.7 Å². The van der Waals surface area contributed by atoms with Crippen molar-refractivity contribution in [1.29, 1.82) is 0 Å². The fraction of sp³-hybridized carbons (Fsp3) is 0.500. The Bertz CT molecular complexity index is 689. The van der Waals surface area contributed by atoms with E-state index in [1.807, 2.05) is 6.92 Å². The highest BCUT2D eigenvalue weighted by molar-refractivity contribution is 6.04. The van der Waals surface area contributed by atoms with Gasteiger partial charge >= 0.3 is 5.97 Å². The summed E-state index contributed by atoms with van der Waals surface area (Å²) in [4.78, 5) is 15.7. The van der Waals surface area contributed by atoms with E-state index in [0.717, 1.165) is 30.5 Å². The van der Waals surface area contributed by atoms with Crippen LogP contribution in [0.25, 0.3) is 11.0 Å². The number of aryl methyl sites for hydroxylation is 2. The maximum atomic E-state index is 11.4. The number of ether oxygens (including phenoxy) is 1. The molecule has 3 rings (SSSR count). The average molecular weight is 290 g/mol. The van der Waals surface area contributed by atoms with E-state index in [1.54, 1.807) is 11.7 Å². The zero-order valence-electron chi connectivity index (χ0n) is 12.1. The molecule has 112 valence electrons. The molecule has 21 heavy (non-hydrogen) atoms. The van der Waals surface area contributed by atoms with Crippen LogP contribution in [0.4, 0.5) is 5.69 Å². The average Bonchev–Trinajstić information content (AvgIpc) is 3.05. The number of hydrogen-bond donors (Lipinski definition) is 2. The van der Waals surface area contributed by atoms with Crippen LogP contribution in [-0.4, -0.2) is 45.1 Å². The summed E-state index contributed by atoms with van der Waals surface area (Å²) >= 11 is 0. The molecule has 1 saturated heterocycles. The van der Waals surface area contributed by atoms with Crippen LogP contribution in [0.2, 0.25) is 0 Å². The van der Waals surface area contributed by atoms with Gasteiger partial charge in [-0.2, -0.15) is 5.10 Å². The van der Waals surface area contributed by atoms with Gasteiger partial charge in [0.05, 0.1) is 22.9 Å². The van der Waals surface area contributed by atoms with Gasteiger partial charge in [-0.25, -0.2) is 9.78 Å². The van der Waals surface area contributed by atoms with Gasteiger partial charge < -0.3 is 15.2 Å². The van der Waals surface area contributed by atoms with E-state index in [-0.39, 0.29) is 11.7 Å². The summed E-state index contributed by atoms with van der Waals surface area (Å²) in [6, 6.07) is 0. The number of aromatic nitrogens is 3. The first-order valence-electron chi connectivity index (χ1n) is 6.99. The molecule has 3 heterocycles. The minimum atomic E-state index is -0.998. The zero-order chi connectivity index (χ0) is 15.0. The number of anilines is 1. The van der Waals surface area contributed by atoms with Crippen LogP contribution in [0.5, 0.6) is 0 Å². The predicted molar refractivity (Wildman–Crippen MR) is 77.7 cm³/mol. The van der Waals surface area contributed by atoms with Crippen molar-refractivity contribution in [3.8, 4) is 0 Å². The highest BCUT2D eigenvalue weighted by Gasteiger charge is 2.21. The summed E-state index contributed by atoms with van der Waals surface area (Å²) in [6.45, 7) is 3.22. The number of carboxylic acids is 1. The third kappa shape index (κ3) is 2.44. The van der Waals surface area contributed by atoms with Crippen LogP contribution in [0.1, 0.15) is 28.9 Å². The van der Waals surface area contributed by atoms with Crippen LogP contribution in [-0.2, 0) is 11.8 Å². The van der Waals surface area contributed by atoms with Crippen LogP contribution in [0.3, 0.4) is 0 Å². The number of pyridine rings is 1. The molecule has 0 amide bonds. The first-order valence-corrected chi connectivity index (χ1v) is 6.99. The lowest BCUT2D eigenvalue weighted by molar-refractivity contribution is 0.0697. The molecule has 0 bridgehead atoms. The second-order valence-corrected chi connectivity index (χ2v) is 5.28. The fourth-order valence-electron chi connectivity index (χ4n) is 2.78. The number of rotatable bonds is 4. The molecule has 0 aromatic carbocycles. The molecule has 1 aliphatic rings. The lowest BCUT2D eigenvalue weighted by Crippen LogP contribution is -2.20. The molecule has 2 aromatic heterocycles. The first kappa shape index (κ1) is 13.8. The van der Waals surface area contributed by atoms with E-state index in [0.29, 0.717) is 17.9 Å². The zero-order valence-corrected chi connectivity index (χ0v) is 12.1. The van der Waals surface area contributed by atoms with Crippen LogP contribution in [0, 0.1) is 6.92 Å². The summed E-state index contributed by atoms with van der Waals surface area (Å²) in [5.41, 5.74) is 2.18. The van der Waals surface area contributed by atoms with Gasteiger partial charge in [0.1, 0.15) is 5.56 Å². The Kier molecular flexibility index (Phi) is 3.50. The van der Waals surface area contributed by atoms with Gasteiger partial charge in [0.15, 0.2) is 5.65 Å². The summed E-state index contributed by atoms with van der Waals surface area (Å²) < 4.78 is 7.24. The van der Waals surface area contributed by atoms with Gasteiger partial charge in [-0.3, -0.25) is 4.68 Å². The molecule has 7 nitrogen and oxygen atoms in total. The molecule has 7 heteroatoms. The number of nitrogens with one attached hydrogen (secondary N) is 1. The molecule has 0 saturated carbocycles. The van der Waals surface area contributed by atoms with Gasteiger partial charge in [0.25, 0.3) is 0 Å². The summed E-state index contributed by atoms with van der Waals surface area (Å²) in [5.74, 6) is -0.998. The van der Waals surface area contributed by atoms with Crippen molar-refractivity contribution in [1.82, 2.24) is 14.8 Å². The number of fused-ring (bicyclic) bond motifs is 1. The smallest absolute Gasteiger partial charge is 0.339 e. The van der Waals surface area contributed by atoms with Crippen molar-refractivity contribution in [2.45, 2.75) is 25.9 Å². The molecule has 2 N–H and O–H groups in total. The predicted octanol–water partition coefficient (Wildman–Crippen LogP) is 1.57. The SMILES string of the molecule is Cc1nn(C)c2ncc(C(=O)O)c(NC[C@H]3CCCO3)c12. The topological polar surface area (TPSA) is 89.3 Å². The Hall–Kier alpha value is -2.15. The van der Waals surface area contributed by atoms with Gasteiger partial charge in [0, 0.05) is 26.4 Å². The van der Waals surface area contributed by atoms with Crippen molar-refractivity contribution in [3.05, 3.63) is 17.5 Å². The molecule has 2 aromatic rings. The minimum Gasteiger partial charge on any atom is -0.478 e. The normalized spacial score (nSPS) is 18.3. The highest BCUT2D eigenvalue weighted by Crippen LogP contribution is 2.29. The van der Waals surface area contributed by atoms with E-state index in [4.69, 9.17) is 4.74 Å². The summed E-state index contributed by atoms with van der Waals surface area (Å²) in [7, 11) is 1.80. The number of nitrogens with zero attached hydrogens (tertiary/aromatic N) is 3. The van der Waals surface area contributed by atoms with Crippen molar-refractivity contribution in [2.75, 3.05) is 18.5 Å². The molecule has 0 spiro atoms. The largest absolute Gasteiger partial charge is 0.478 e. The molecule has 1 fully saturated rings. The minimum absolute atomic E-state index is 0.131. The van der Waals surface area contributed by atoms with Crippen LogP contribution < -0.4 is 5.32 Å². The third-order valence-electron chi connectivity index (χ3n) is 3.79. The number of carbonyl (C=O) groups is 1. The second kappa shape index (κ2) is 5.33. The van der Waals surface area contributed by atoms with E-state index >= 15 is 0 Å². The molecule has 0 radical (unpaired) electrons. The lowest BCUT2D eigenvalue weighted by atomic mass is 10.1. The Morgan fingerprint density at radius 2 is 2.43 bits per heavy atom. The quantitative estimate of drug-likeness (QED) is 0.888. The second-order valence-electron chi connectivity index (χ2n) is 5.28. The summed E-state index contributed by atoms with van der Waals surface area (Å²) in [6.07, 6.45) is 3.56. The van der Waals surface area contributed by atoms with E-state index in [9.17, 15) is 9.90 Å². The maximum Gasteiger partial charge on any atom is 0.339 e. The van der Waals surface area contributed by atoms with E-state index in [1.165, 1.54) is 6.20 Å². The highest BCUT2D eigenvalue weighted by atomic mass is 16.5. The van der Waals surface area contributed by atoms with Gasteiger partial charge in [-0.05, 0) is 19.8 Å². The molecule has 1 atom stereocenters. The Morgan fingerprint density at radius 1 is 1.62 bits per heavy atom. The van der Waals surface area contributed by atoms with Gasteiger partial charge in [0.2, 0.25) is 0 Å². The van der Waals surface area contributed by atoms with Crippen molar-refractivity contribution in [2.24, 2.45) is 7.05 Å². The lowest BCUT2D eigenvalue weighted by Gasteiger charge is -2.14. The third-order valence-corrected chi connectivity index (χ3v) is 3.79. The Balaban J connectivity index is 2.03. The fourth-order valence-corrected chi connectivity index (χ4v) is 2.78. The van der Waals surface area contributed by atoms with E-state index < -0.39 is 5.97 Å². The van der Waals surface area contributed by atoms with Crippen LogP contribution in [0.15, 0.2) is 6.20 Å². The van der Waals surface area contributed by atoms with Crippen molar-refractivity contribution < 1.29 is 14.6 Å². The monoisotopic (exact) mass is 290 g/mol. The molecule has 0 aliphatic carbocycles. The molecular formula is C14H18N4O3. The van der Waals surface area contributed by atoms with E-state index in [2.05, 4.69) is 15.4 Å². The first-order chi connectivity index (χ1) is 10.1. The number of hydrogen-bond acceptors (Lipinski definition) is 5. The summed E-state index contributed by atoms with van der Waals surface area (Å²) in [5, 5.41) is 17.7. The Labute approximate surface area is 121 Å². The molecule has 0 unspecified atom stereocenters.